The predicted molar refractivity (Wildman–Crippen MR) is 98.4 cm³/mol. The van der Waals surface area contributed by atoms with Gasteiger partial charge in [-0.3, -0.25) is 4.79 Å². The number of Topliss-reactive ketones (excluding diaryl/α,β-unsaturated/α-hetero) is 1. The van der Waals surface area contributed by atoms with Gasteiger partial charge in [0.2, 0.25) is 5.78 Å². The molecule has 5 heteroatoms. The lowest BCUT2D eigenvalue weighted by Gasteiger charge is -2.10. The molecular weight excluding hydrogens is 328 g/mol. The van der Waals surface area contributed by atoms with Crippen LogP contribution in [0.5, 0.6) is 0 Å². The van der Waals surface area contributed by atoms with Crippen LogP contribution in [-0.2, 0) is 9.53 Å². The molecular formula is C21H16N2O3. The van der Waals surface area contributed by atoms with E-state index >= 15 is 0 Å². The van der Waals surface area contributed by atoms with Crippen molar-refractivity contribution in [1.82, 2.24) is 4.98 Å². The summed E-state index contributed by atoms with van der Waals surface area (Å²) >= 11 is 0. The summed E-state index contributed by atoms with van der Waals surface area (Å²) in [6.45, 7) is 1.55. The average molecular weight is 344 g/mol. The Morgan fingerprint density at radius 2 is 1.88 bits per heavy atom. The maximum Gasteiger partial charge on any atom is 0.331 e. The van der Waals surface area contributed by atoms with Gasteiger partial charge in [-0.1, -0.05) is 30.3 Å². The molecule has 0 aliphatic heterocycles. The minimum atomic E-state index is -0.896. The standard InChI is InChI=1S/C21H16N2O3/c1-14(21(25)18-13-23-19-5-3-2-4-17(18)19)26-20(24)11-10-15-6-8-16(12-22)9-7-15/h2-11,13-14,23H,1H3/b11-10+/t14-/m0/s1. The molecule has 0 radical (unpaired) electrons. The predicted octanol–water partition coefficient (Wildman–Crippen LogP) is 3.87. The lowest BCUT2D eigenvalue weighted by atomic mass is 10.1. The Morgan fingerprint density at radius 3 is 2.62 bits per heavy atom. The SMILES string of the molecule is C[C@H](OC(=O)/C=C/c1ccc(C#N)cc1)C(=O)c1c[nH]c2ccccc12. The minimum absolute atomic E-state index is 0.262. The van der Waals surface area contributed by atoms with E-state index in [1.807, 2.05) is 30.3 Å². The summed E-state index contributed by atoms with van der Waals surface area (Å²) in [5, 5.41) is 9.57. The van der Waals surface area contributed by atoms with Gasteiger partial charge in [-0.05, 0) is 36.8 Å². The lowest BCUT2D eigenvalue weighted by Crippen LogP contribution is -2.23. The number of para-hydroxylation sites is 1. The molecule has 0 spiro atoms. The first-order valence-corrected chi connectivity index (χ1v) is 8.07. The fourth-order valence-electron chi connectivity index (χ4n) is 2.59. The number of nitrogens with zero attached hydrogens (tertiary/aromatic N) is 1. The molecule has 0 aliphatic rings. The van der Waals surface area contributed by atoms with Gasteiger partial charge in [0.15, 0.2) is 6.10 Å². The quantitative estimate of drug-likeness (QED) is 0.433. The number of benzene rings is 2. The molecule has 1 aromatic heterocycles. The van der Waals surface area contributed by atoms with Crippen molar-refractivity contribution in [2.45, 2.75) is 13.0 Å². The second-order valence-corrected chi connectivity index (χ2v) is 5.76. The van der Waals surface area contributed by atoms with E-state index in [9.17, 15) is 9.59 Å². The molecule has 2 aromatic carbocycles. The van der Waals surface area contributed by atoms with Gasteiger partial charge in [0.05, 0.1) is 11.6 Å². The van der Waals surface area contributed by atoms with E-state index in [1.54, 1.807) is 43.5 Å². The molecule has 26 heavy (non-hydrogen) atoms. The molecule has 5 nitrogen and oxygen atoms in total. The first kappa shape index (κ1) is 17.2. The highest BCUT2D eigenvalue weighted by molar-refractivity contribution is 6.10. The van der Waals surface area contributed by atoms with Gasteiger partial charge in [0.25, 0.3) is 0 Å². The summed E-state index contributed by atoms with van der Waals surface area (Å²) in [6.07, 6.45) is 3.57. The van der Waals surface area contributed by atoms with E-state index in [-0.39, 0.29) is 5.78 Å². The Bertz CT molecular complexity index is 1020. The Kier molecular flexibility index (Phi) is 4.95. The highest BCUT2D eigenvalue weighted by Crippen LogP contribution is 2.20. The number of H-pyrrole nitrogens is 1. The van der Waals surface area contributed by atoms with E-state index < -0.39 is 12.1 Å². The van der Waals surface area contributed by atoms with Crippen molar-refractivity contribution in [2.75, 3.05) is 0 Å². The van der Waals surface area contributed by atoms with Crippen molar-refractivity contribution in [3.63, 3.8) is 0 Å². The van der Waals surface area contributed by atoms with Crippen LogP contribution in [0.4, 0.5) is 0 Å². The first-order chi connectivity index (χ1) is 12.6. The number of esters is 1. The number of carbonyl (C=O) groups is 2. The van der Waals surface area contributed by atoms with Crippen LogP contribution >= 0.6 is 0 Å². The molecule has 0 saturated carbocycles. The number of fused-ring (bicyclic) bond motifs is 1. The minimum Gasteiger partial charge on any atom is -0.451 e. The van der Waals surface area contributed by atoms with Crippen LogP contribution in [0.25, 0.3) is 17.0 Å². The number of nitrogens with one attached hydrogen (secondary N) is 1. The van der Waals surface area contributed by atoms with Gasteiger partial charge in [0, 0.05) is 28.7 Å². The van der Waals surface area contributed by atoms with Crippen molar-refractivity contribution < 1.29 is 14.3 Å². The van der Waals surface area contributed by atoms with Crippen LogP contribution in [0.1, 0.15) is 28.4 Å². The Hall–Kier alpha value is -3.65. The molecule has 0 fully saturated rings. The fraction of sp³-hybridized carbons (Fsp3) is 0.0952. The summed E-state index contributed by atoms with van der Waals surface area (Å²) < 4.78 is 5.21. The largest absolute Gasteiger partial charge is 0.451 e. The van der Waals surface area contributed by atoms with Gasteiger partial charge < -0.3 is 9.72 Å². The van der Waals surface area contributed by atoms with Crippen molar-refractivity contribution >= 4 is 28.7 Å². The molecule has 128 valence electrons. The van der Waals surface area contributed by atoms with E-state index in [4.69, 9.17) is 10.00 Å². The van der Waals surface area contributed by atoms with E-state index in [1.165, 1.54) is 6.08 Å². The van der Waals surface area contributed by atoms with Crippen LogP contribution in [0.3, 0.4) is 0 Å². The zero-order valence-corrected chi connectivity index (χ0v) is 14.1. The normalized spacial score (nSPS) is 12.0. The number of carbonyl (C=O) groups excluding carboxylic acids is 2. The van der Waals surface area contributed by atoms with Crippen LogP contribution in [-0.4, -0.2) is 22.8 Å². The Morgan fingerprint density at radius 1 is 1.15 bits per heavy atom. The molecule has 3 aromatic rings. The summed E-state index contributed by atoms with van der Waals surface area (Å²) in [7, 11) is 0. The van der Waals surface area contributed by atoms with E-state index in [0.717, 1.165) is 16.5 Å². The molecule has 3 rings (SSSR count). The summed E-state index contributed by atoms with van der Waals surface area (Å²) in [6, 6.07) is 16.3. The number of aromatic nitrogens is 1. The number of ether oxygens (including phenoxy) is 1. The molecule has 0 aliphatic carbocycles. The molecule has 0 unspecified atom stereocenters. The number of hydrogen-bond acceptors (Lipinski definition) is 4. The summed E-state index contributed by atoms with van der Waals surface area (Å²) in [5.41, 5.74) is 2.66. The average Bonchev–Trinajstić information content (AvgIpc) is 3.10. The maximum absolute atomic E-state index is 12.5. The summed E-state index contributed by atoms with van der Waals surface area (Å²) in [4.78, 5) is 27.5. The van der Waals surface area contributed by atoms with Crippen LogP contribution < -0.4 is 0 Å². The summed E-state index contributed by atoms with van der Waals surface area (Å²) in [5.74, 6) is -0.863. The van der Waals surface area contributed by atoms with Crippen LogP contribution in [0.2, 0.25) is 0 Å². The van der Waals surface area contributed by atoms with Gasteiger partial charge in [-0.25, -0.2) is 4.79 Å². The monoisotopic (exact) mass is 344 g/mol. The molecule has 0 bridgehead atoms. The third kappa shape index (κ3) is 3.70. The molecule has 1 heterocycles. The first-order valence-electron chi connectivity index (χ1n) is 8.07. The Labute approximate surface area is 150 Å². The smallest absolute Gasteiger partial charge is 0.331 e. The third-order valence-corrected chi connectivity index (χ3v) is 3.97. The highest BCUT2D eigenvalue weighted by Gasteiger charge is 2.21. The van der Waals surface area contributed by atoms with Crippen molar-refractivity contribution in [1.29, 1.82) is 5.26 Å². The topological polar surface area (TPSA) is 82.9 Å². The van der Waals surface area contributed by atoms with Gasteiger partial charge in [-0.15, -0.1) is 0 Å². The number of hydrogen-bond donors (Lipinski definition) is 1. The zero-order valence-electron chi connectivity index (χ0n) is 14.1. The Balaban J connectivity index is 1.65. The number of nitriles is 1. The number of ketones is 1. The third-order valence-electron chi connectivity index (χ3n) is 3.97. The lowest BCUT2D eigenvalue weighted by molar-refractivity contribution is -0.140. The zero-order chi connectivity index (χ0) is 18.5. The molecule has 0 saturated heterocycles. The van der Waals surface area contributed by atoms with Crippen LogP contribution in [0, 0.1) is 11.3 Å². The van der Waals surface area contributed by atoms with Crippen molar-refractivity contribution in [2.24, 2.45) is 0 Å². The van der Waals surface area contributed by atoms with E-state index in [0.29, 0.717) is 11.1 Å². The number of aromatic amines is 1. The maximum atomic E-state index is 12.5. The van der Waals surface area contributed by atoms with Gasteiger partial charge >= 0.3 is 5.97 Å². The molecule has 0 amide bonds. The fourth-order valence-corrected chi connectivity index (χ4v) is 2.59. The second kappa shape index (κ2) is 7.49. The van der Waals surface area contributed by atoms with Crippen molar-refractivity contribution in [3.05, 3.63) is 77.5 Å². The van der Waals surface area contributed by atoms with E-state index in [2.05, 4.69) is 4.98 Å². The highest BCUT2D eigenvalue weighted by atomic mass is 16.5. The second-order valence-electron chi connectivity index (χ2n) is 5.76. The molecule has 1 atom stereocenters. The molecule has 1 N–H and O–H groups in total. The number of rotatable bonds is 5. The van der Waals surface area contributed by atoms with Gasteiger partial charge in [0.1, 0.15) is 0 Å². The van der Waals surface area contributed by atoms with Gasteiger partial charge in [-0.2, -0.15) is 5.26 Å². The van der Waals surface area contributed by atoms with Crippen molar-refractivity contribution in [3.8, 4) is 6.07 Å². The van der Waals surface area contributed by atoms with Crippen LogP contribution in [0.15, 0.2) is 60.8 Å².